The second kappa shape index (κ2) is 6.38. The Hall–Kier alpha value is -2.08. The largest absolute Gasteiger partial charge is 0.370 e. The summed E-state index contributed by atoms with van der Waals surface area (Å²) >= 11 is 6.02. The van der Waals surface area contributed by atoms with Crippen LogP contribution in [-0.4, -0.2) is 27.2 Å². The molecule has 0 spiro atoms. The Morgan fingerprint density at radius 2 is 2.25 bits per heavy atom. The summed E-state index contributed by atoms with van der Waals surface area (Å²) in [4.78, 5) is 16.4. The van der Waals surface area contributed by atoms with Crippen LogP contribution in [0, 0.1) is 0 Å². The number of anilines is 2. The van der Waals surface area contributed by atoms with Crippen LogP contribution in [0.3, 0.4) is 0 Å². The molecule has 2 N–H and O–H groups in total. The molecule has 0 bridgehead atoms. The van der Waals surface area contributed by atoms with Gasteiger partial charge in [-0.2, -0.15) is 5.10 Å². The molecule has 2 aromatic heterocycles. The first kappa shape index (κ1) is 14.3. The minimum Gasteiger partial charge on any atom is -0.370 e. The number of halogens is 1. The van der Waals surface area contributed by atoms with Gasteiger partial charge in [-0.15, -0.1) is 0 Å². The van der Waals surface area contributed by atoms with Gasteiger partial charge in [0.15, 0.2) is 0 Å². The highest BCUT2D eigenvalue weighted by molar-refractivity contribution is 6.34. The number of carbonyl (C=O) groups excluding carboxylic acids is 1. The predicted octanol–water partition coefficient (Wildman–Crippen LogP) is 2.54. The van der Waals surface area contributed by atoms with Crippen LogP contribution in [0.2, 0.25) is 5.02 Å². The molecule has 1 amide bonds. The third kappa shape index (κ3) is 3.48. The van der Waals surface area contributed by atoms with Crippen molar-refractivity contribution in [2.45, 2.75) is 13.3 Å². The molecule has 2 heterocycles. The van der Waals surface area contributed by atoms with E-state index in [0.717, 1.165) is 13.0 Å². The van der Waals surface area contributed by atoms with Crippen LogP contribution >= 0.6 is 11.6 Å². The fraction of sp³-hybridized carbons (Fsp3) is 0.308. The van der Waals surface area contributed by atoms with Gasteiger partial charge in [-0.05, 0) is 18.6 Å². The van der Waals surface area contributed by atoms with E-state index < -0.39 is 0 Å². The van der Waals surface area contributed by atoms with Crippen LogP contribution in [-0.2, 0) is 7.05 Å². The molecule has 20 heavy (non-hydrogen) atoms. The molecule has 2 rings (SSSR count). The lowest BCUT2D eigenvalue weighted by Crippen LogP contribution is -2.15. The molecule has 0 aliphatic heterocycles. The molecule has 7 heteroatoms. The predicted molar refractivity (Wildman–Crippen MR) is 79.2 cm³/mol. The molecule has 0 aliphatic rings. The zero-order valence-corrected chi connectivity index (χ0v) is 12.1. The Labute approximate surface area is 122 Å². The summed E-state index contributed by atoms with van der Waals surface area (Å²) in [5.41, 5.74) is 0.791. The van der Waals surface area contributed by atoms with E-state index in [0.29, 0.717) is 16.5 Å². The first-order valence-corrected chi connectivity index (χ1v) is 6.68. The fourth-order valence-corrected chi connectivity index (χ4v) is 1.82. The Morgan fingerprint density at radius 1 is 1.45 bits per heavy atom. The van der Waals surface area contributed by atoms with E-state index in [1.54, 1.807) is 36.3 Å². The number of hydrogen-bond donors (Lipinski definition) is 2. The van der Waals surface area contributed by atoms with Crippen molar-refractivity contribution in [2.24, 2.45) is 7.05 Å². The van der Waals surface area contributed by atoms with Crippen LogP contribution in [0.25, 0.3) is 0 Å². The Morgan fingerprint density at radius 3 is 2.90 bits per heavy atom. The zero-order chi connectivity index (χ0) is 14.5. The van der Waals surface area contributed by atoms with Gasteiger partial charge in [0.05, 0.1) is 16.9 Å². The van der Waals surface area contributed by atoms with Gasteiger partial charge in [0.25, 0.3) is 5.91 Å². The molecule has 0 aromatic carbocycles. The number of aryl methyl sites for hydroxylation is 1. The van der Waals surface area contributed by atoms with E-state index in [9.17, 15) is 4.79 Å². The van der Waals surface area contributed by atoms with E-state index in [1.807, 2.05) is 0 Å². The molecule has 0 saturated carbocycles. The monoisotopic (exact) mass is 293 g/mol. The molecule has 106 valence electrons. The average Bonchev–Trinajstić information content (AvgIpc) is 2.83. The van der Waals surface area contributed by atoms with Gasteiger partial charge < -0.3 is 10.6 Å². The van der Waals surface area contributed by atoms with E-state index >= 15 is 0 Å². The Bertz CT molecular complexity index is 611. The smallest absolute Gasteiger partial charge is 0.275 e. The van der Waals surface area contributed by atoms with Gasteiger partial charge >= 0.3 is 0 Å². The van der Waals surface area contributed by atoms with E-state index in [1.165, 1.54) is 0 Å². The summed E-state index contributed by atoms with van der Waals surface area (Å²) in [5, 5.41) is 10.1. The lowest BCUT2D eigenvalue weighted by molar-refractivity contribution is 0.102. The molecular weight excluding hydrogens is 278 g/mol. The van der Waals surface area contributed by atoms with E-state index in [2.05, 4.69) is 27.6 Å². The SMILES string of the molecule is CCCNc1ccc(Cl)c(C(=O)Nc2cnn(C)c2)n1. The van der Waals surface area contributed by atoms with Crippen molar-refractivity contribution < 1.29 is 4.79 Å². The van der Waals surface area contributed by atoms with Gasteiger partial charge in [0.1, 0.15) is 11.5 Å². The van der Waals surface area contributed by atoms with Crippen molar-refractivity contribution >= 4 is 29.0 Å². The number of nitrogens with one attached hydrogen (secondary N) is 2. The third-order valence-corrected chi connectivity index (χ3v) is 2.88. The molecule has 0 aliphatic carbocycles. The third-order valence-electron chi connectivity index (χ3n) is 2.58. The van der Waals surface area contributed by atoms with Crippen LogP contribution in [0.5, 0.6) is 0 Å². The summed E-state index contributed by atoms with van der Waals surface area (Å²) in [6, 6.07) is 3.41. The highest BCUT2D eigenvalue weighted by Gasteiger charge is 2.14. The van der Waals surface area contributed by atoms with Gasteiger partial charge in [-0.3, -0.25) is 9.48 Å². The van der Waals surface area contributed by atoms with Gasteiger partial charge in [0.2, 0.25) is 0 Å². The molecule has 0 unspecified atom stereocenters. The second-order valence-electron chi connectivity index (χ2n) is 4.31. The number of aromatic nitrogens is 3. The van der Waals surface area contributed by atoms with Crippen molar-refractivity contribution in [3.8, 4) is 0 Å². The maximum Gasteiger partial charge on any atom is 0.275 e. The van der Waals surface area contributed by atoms with Crippen molar-refractivity contribution in [1.82, 2.24) is 14.8 Å². The van der Waals surface area contributed by atoms with Crippen LogP contribution in [0.15, 0.2) is 24.5 Å². The maximum atomic E-state index is 12.1. The van der Waals surface area contributed by atoms with Crippen molar-refractivity contribution in [3.63, 3.8) is 0 Å². The first-order valence-electron chi connectivity index (χ1n) is 6.30. The van der Waals surface area contributed by atoms with Crippen molar-refractivity contribution in [2.75, 3.05) is 17.2 Å². The van der Waals surface area contributed by atoms with E-state index in [-0.39, 0.29) is 11.6 Å². The summed E-state index contributed by atoms with van der Waals surface area (Å²) in [7, 11) is 1.77. The molecular formula is C13H16ClN5O. The normalized spacial score (nSPS) is 10.3. The number of amides is 1. The topological polar surface area (TPSA) is 71.8 Å². The summed E-state index contributed by atoms with van der Waals surface area (Å²) < 4.78 is 1.60. The van der Waals surface area contributed by atoms with Gasteiger partial charge in [0, 0.05) is 19.8 Å². The molecule has 0 radical (unpaired) electrons. The van der Waals surface area contributed by atoms with Crippen LogP contribution in [0.1, 0.15) is 23.8 Å². The lowest BCUT2D eigenvalue weighted by atomic mass is 10.3. The first-order chi connectivity index (χ1) is 9.60. The van der Waals surface area contributed by atoms with Gasteiger partial charge in [-0.25, -0.2) is 4.98 Å². The quantitative estimate of drug-likeness (QED) is 0.888. The van der Waals surface area contributed by atoms with Crippen molar-refractivity contribution in [1.29, 1.82) is 0 Å². The number of hydrogen-bond acceptors (Lipinski definition) is 4. The zero-order valence-electron chi connectivity index (χ0n) is 11.4. The van der Waals surface area contributed by atoms with Crippen molar-refractivity contribution in [3.05, 3.63) is 35.2 Å². The molecule has 0 atom stereocenters. The maximum absolute atomic E-state index is 12.1. The lowest BCUT2D eigenvalue weighted by Gasteiger charge is -2.08. The minimum atomic E-state index is -0.358. The molecule has 0 fully saturated rings. The summed E-state index contributed by atoms with van der Waals surface area (Å²) in [5.74, 6) is 0.274. The summed E-state index contributed by atoms with van der Waals surface area (Å²) in [6.45, 7) is 2.84. The highest BCUT2D eigenvalue weighted by atomic mass is 35.5. The number of rotatable bonds is 5. The van der Waals surface area contributed by atoms with Crippen LogP contribution < -0.4 is 10.6 Å². The highest BCUT2D eigenvalue weighted by Crippen LogP contribution is 2.18. The molecule has 6 nitrogen and oxygen atoms in total. The summed E-state index contributed by atoms with van der Waals surface area (Å²) in [6.07, 6.45) is 4.23. The number of carbonyl (C=O) groups is 1. The average molecular weight is 294 g/mol. The van der Waals surface area contributed by atoms with E-state index in [4.69, 9.17) is 11.6 Å². The standard InChI is InChI=1S/C13H16ClN5O/c1-3-6-15-11-5-4-10(14)12(18-11)13(20)17-9-7-16-19(2)8-9/h4-5,7-8H,3,6H2,1-2H3,(H,15,18)(H,17,20). The number of nitrogens with zero attached hydrogens (tertiary/aromatic N) is 3. The van der Waals surface area contributed by atoms with Gasteiger partial charge in [-0.1, -0.05) is 18.5 Å². The fourth-order valence-electron chi connectivity index (χ4n) is 1.63. The molecule has 2 aromatic rings. The minimum absolute atomic E-state index is 0.191. The Kier molecular flexibility index (Phi) is 4.57. The second-order valence-corrected chi connectivity index (χ2v) is 4.72. The van der Waals surface area contributed by atoms with Crippen LogP contribution in [0.4, 0.5) is 11.5 Å². The number of pyridine rings is 1. The Balaban J connectivity index is 2.15. The molecule has 0 saturated heterocycles.